The van der Waals surface area contributed by atoms with E-state index in [0.717, 1.165) is 31.0 Å². The summed E-state index contributed by atoms with van der Waals surface area (Å²) < 4.78 is 5.11. The first-order valence-electron chi connectivity index (χ1n) is 6.81. The van der Waals surface area contributed by atoms with E-state index in [4.69, 9.17) is 4.52 Å². The third kappa shape index (κ3) is 3.67. The summed E-state index contributed by atoms with van der Waals surface area (Å²) in [5.74, 6) is 1.13. The van der Waals surface area contributed by atoms with Gasteiger partial charge in [-0.3, -0.25) is 9.69 Å². The fourth-order valence-corrected chi connectivity index (χ4v) is 2.71. The molecule has 1 aliphatic rings. The number of hydrogen-bond donors (Lipinski definition) is 0. The Kier molecular flexibility index (Phi) is 4.53. The Morgan fingerprint density at radius 2 is 2.33 bits per heavy atom. The average molecular weight is 250 g/mol. The minimum Gasteiger partial charge on any atom is -0.361 e. The van der Waals surface area contributed by atoms with Crippen molar-refractivity contribution in [3.8, 4) is 0 Å². The molecule has 4 heteroatoms. The fraction of sp³-hybridized carbons (Fsp3) is 0.714. The van der Waals surface area contributed by atoms with Crippen LogP contribution in [0.5, 0.6) is 0 Å². The molecule has 0 aromatic carbocycles. The van der Waals surface area contributed by atoms with E-state index in [1.54, 1.807) is 6.92 Å². The maximum Gasteiger partial charge on any atom is 0.133 e. The Balaban J connectivity index is 2.02. The van der Waals surface area contributed by atoms with Gasteiger partial charge in [0.15, 0.2) is 0 Å². The summed E-state index contributed by atoms with van der Waals surface area (Å²) in [5, 5.41) is 4.05. The minimum atomic E-state index is 0.281. The highest BCUT2D eigenvalue weighted by molar-refractivity contribution is 5.76. The molecule has 0 saturated carbocycles. The zero-order valence-electron chi connectivity index (χ0n) is 11.3. The summed E-state index contributed by atoms with van der Waals surface area (Å²) in [5.41, 5.74) is 0.975. The smallest absolute Gasteiger partial charge is 0.133 e. The first-order chi connectivity index (χ1) is 8.65. The maximum atomic E-state index is 11.4. The second-order valence-corrected chi connectivity index (χ2v) is 5.31. The molecule has 1 saturated heterocycles. The number of rotatable bonds is 4. The van der Waals surface area contributed by atoms with Crippen molar-refractivity contribution in [3.63, 3.8) is 0 Å². The largest absolute Gasteiger partial charge is 0.361 e. The van der Waals surface area contributed by atoms with Gasteiger partial charge in [-0.05, 0) is 33.2 Å². The van der Waals surface area contributed by atoms with Gasteiger partial charge in [-0.1, -0.05) is 18.0 Å². The third-order valence-corrected chi connectivity index (χ3v) is 3.56. The van der Waals surface area contributed by atoms with Crippen LogP contribution >= 0.6 is 0 Å². The zero-order chi connectivity index (χ0) is 13.0. The van der Waals surface area contributed by atoms with E-state index in [2.05, 4.69) is 10.1 Å². The third-order valence-electron chi connectivity index (χ3n) is 3.56. The standard InChI is InChI=1S/C14H22N2O2/c1-11(17)8-14-6-4-3-5-7-16(14)10-13-9-12(2)18-15-13/h9,14H,3-8,10H2,1-2H3. The van der Waals surface area contributed by atoms with Gasteiger partial charge in [0.25, 0.3) is 0 Å². The Morgan fingerprint density at radius 1 is 1.50 bits per heavy atom. The Labute approximate surface area is 108 Å². The fourth-order valence-electron chi connectivity index (χ4n) is 2.71. The number of nitrogens with zero attached hydrogens (tertiary/aromatic N) is 2. The van der Waals surface area contributed by atoms with Gasteiger partial charge >= 0.3 is 0 Å². The van der Waals surface area contributed by atoms with Gasteiger partial charge < -0.3 is 4.52 Å². The number of ketones is 1. The lowest BCUT2D eigenvalue weighted by Crippen LogP contribution is -2.35. The summed E-state index contributed by atoms with van der Waals surface area (Å²) in [6, 6.07) is 2.36. The number of carbonyl (C=O) groups excluding carboxylic acids is 1. The van der Waals surface area contributed by atoms with E-state index in [1.165, 1.54) is 19.3 Å². The molecular weight excluding hydrogens is 228 g/mol. The highest BCUT2D eigenvalue weighted by Gasteiger charge is 2.23. The van der Waals surface area contributed by atoms with Gasteiger partial charge in [0, 0.05) is 25.1 Å². The molecule has 1 atom stereocenters. The van der Waals surface area contributed by atoms with E-state index < -0.39 is 0 Å². The predicted octanol–water partition coefficient (Wildman–Crippen LogP) is 2.71. The van der Waals surface area contributed by atoms with Crippen molar-refractivity contribution in [2.24, 2.45) is 0 Å². The molecule has 1 aromatic heterocycles. The lowest BCUT2D eigenvalue weighted by atomic mass is 10.0. The second kappa shape index (κ2) is 6.14. The molecule has 1 aromatic rings. The summed E-state index contributed by atoms with van der Waals surface area (Å²) in [6.07, 6.45) is 5.49. The molecular formula is C14H22N2O2. The Hall–Kier alpha value is -1.16. The van der Waals surface area contributed by atoms with Crippen molar-refractivity contribution < 1.29 is 9.32 Å². The van der Waals surface area contributed by atoms with Crippen LogP contribution in [0.3, 0.4) is 0 Å². The molecule has 0 N–H and O–H groups in total. The van der Waals surface area contributed by atoms with Crippen molar-refractivity contribution >= 4 is 5.78 Å². The highest BCUT2D eigenvalue weighted by atomic mass is 16.5. The number of hydrogen-bond acceptors (Lipinski definition) is 4. The summed E-state index contributed by atoms with van der Waals surface area (Å²) in [4.78, 5) is 13.8. The number of carbonyl (C=O) groups is 1. The first-order valence-corrected chi connectivity index (χ1v) is 6.81. The number of aromatic nitrogens is 1. The van der Waals surface area contributed by atoms with Gasteiger partial charge in [0.1, 0.15) is 11.5 Å². The van der Waals surface area contributed by atoms with E-state index in [1.807, 2.05) is 13.0 Å². The first kappa shape index (κ1) is 13.3. The molecule has 1 aliphatic heterocycles. The highest BCUT2D eigenvalue weighted by Crippen LogP contribution is 2.21. The van der Waals surface area contributed by atoms with Gasteiger partial charge in [0.2, 0.25) is 0 Å². The molecule has 1 fully saturated rings. The molecule has 0 bridgehead atoms. The van der Waals surface area contributed by atoms with E-state index in [0.29, 0.717) is 12.5 Å². The molecule has 1 unspecified atom stereocenters. The number of likely N-dealkylation sites (tertiary alicyclic amines) is 1. The van der Waals surface area contributed by atoms with Crippen LogP contribution in [-0.4, -0.2) is 28.4 Å². The molecule has 2 rings (SSSR count). The topological polar surface area (TPSA) is 46.3 Å². The molecule has 0 aliphatic carbocycles. The van der Waals surface area contributed by atoms with Crippen LogP contribution in [0.4, 0.5) is 0 Å². The van der Waals surface area contributed by atoms with Crippen LogP contribution < -0.4 is 0 Å². The summed E-state index contributed by atoms with van der Waals surface area (Å²) in [6.45, 7) is 5.45. The maximum absolute atomic E-state index is 11.4. The van der Waals surface area contributed by atoms with Crippen molar-refractivity contribution in [2.45, 2.75) is 58.5 Å². The van der Waals surface area contributed by atoms with Crippen LogP contribution in [0.1, 0.15) is 50.5 Å². The number of aryl methyl sites for hydroxylation is 1. The Bertz CT molecular complexity index is 400. The molecule has 0 radical (unpaired) electrons. The van der Waals surface area contributed by atoms with Crippen LogP contribution in [0.15, 0.2) is 10.6 Å². The lowest BCUT2D eigenvalue weighted by molar-refractivity contribution is -0.118. The zero-order valence-corrected chi connectivity index (χ0v) is 11.3. The quantitative estimate of drug-likeness (QED) is 0.824. The monoisotopic (exact) mass is 250 g/mol. The lowest BCUT2D eigenvalue weighted by Gasteiger charge is -2.28. The summed E-state index contributed by atoms with van der Waals surface area (Å²) >= 11 is 0. The molecule has 2 heterocycles. The second-order valence-electron chi connectivity index (χ2n) is 5.31. The molecule has 0 amide bonds. The van der Waals surface area contributed by atoms with Gasteiger partial charge in [-0.15, -0.1) is 0 Å². The van der Waals surface area contributed by atoms with E-state index >= 15 is 0 Å². The SMILES string of the molecule is CC(=O)CC1CCCCCN1Cc1cc(C)on1. The molecule has 0 spiro atoms. The predicted molar refractivity (Wildman–Crippen MR) is 69.2 cm³/mol. The number of Topliss-reactive ketones (excluding diaryl/α,β-unsaturated/α-hetero) is 1. The van der Waals surface area contributed by atoms with Crippen LogP contribution in [0.2, 0.25) is 0 Å². The van der Waals surface area contributed by atoms with Crippen LogP contribution in [-0.2, 0) is 11.3 Å². The normalized spacial score (nSPS) is 21.8. The Morgan fingerprint density at radius 3 is 3.00 bits per heavy atom. The average Bonchev–Trinajstić information content (AvgIpc) is 2.58. The van der Waals surface area contributed by atoms with E-state index in [9.17, 15) is 4.79 Å². The van der Waals surface area contributed by atoms with Crippen LogP contribution in [0.25, 0.3) is 0 Å². The van der Waals surface area contributed by atoms with Gasteiger partial charge in [-0.25, -0.2) is 0 Å². The van der Waals surface area contributed by atoms with Crippen LogP contribution in [0, 0.1) is 6.92 Å². The van der Waals surface area contributed by atoms with Gasteiger partial charge in [0.05, 0.1) is 5.69 Å². The van der Waals surface area contributed by atoms with Crippen molar-refractivity contribution in [3.05, 3.63) is 17.5 Å². The molecule has 18 heavy (non-hydrogen) atoms. The van der Waals surface area contributed by atoms with E-state index in [-0.39, 0.29) is 5.78 Å². The van der Waals surface area contributed by atoms with Crippen molar-refractivity contribution in [1.29, 1.82) is 0 Å². The molecule has 100 valence electrons. The summed E-state index contributed by atoms with van der Waals surface area (Å²) in [7, 11) is 0. The molecule has 4 nitrogen and oxygen atoms in total. The van der Waals surface area contributed by atoms with Crippen molar-refractivity contribution in [1.82, 2.24) is 10.1 Å². The minimum absolute atomic E-state index is 0.281. The van der Waals surface area contributed by atoms with Gasteiger partial charge in [-0.2, -0.15) is 0 Å². The van der Waals surface area contributed by atoms with Crippen molar-refractivity contribution in [2.75, 3.05) is 6.54 Å².